The third kappa shape index (κ3) is 2.66. The fourth-order valence-electron chi connectivity index (χ4n) is 1.72. The molecule has 2 N–H and O–H groups in total. The van der Waals surface area contributed by atoms with Crippen LogP contribution in [0.1, 0.15) is 5.69 Å². The highest BCUT2D eigenvalue weighted by atomic mass is 16.6. The number of nitrogen functional groups attached to an aromatic ring is 1. The molecule has 0 bridgehead atoms. The number of piperazine rings is 1. The summed E-state index contributed by atoms with van der Waals surface area (Å²) in [4.78, 5) is 4.75. The molecule has 1 fully saturated rings. The molecule has 6 heteroatoms. The minimum atomic E-state index is 0.420. The van der Waals surface area contributed by atoms with Crippen LogP contribution in [-0.4, -0.2) is 59.9 Å². The van der Waals surface area contributed by atoms with E-state index in [4.69, 9.17) is 5.73 Å². The Morgan fingerprint density at radius 3 is 2.60 bits per heavy atom. The average molecular weight is 211 g/mol. The van der Waals surface area contributed by atoms with E-state index in [2.05, 4.69) is 31.8 Å². The first-order valence-electron chi connectivity index (χ1n) is 5.23. The van der Waals surface area contributed by atoms with E-state index in [1.807, 2.05) is 0 Å². The first-order chi connectivity index (χ1) is 7.25. The van der Waals surface area contributed by atoms with Gasteiger partial charge in [-0.2, -0.15) is 0 Å². The lowest BCUT2D eigenvalue weighted by atomic mass is 10.2. The molecular formula is C9H17N5O. The predicted molar refractivity (Wildman–Crippen MR) is 56.4 cm³/mol. The van der Waals surface area contributed by atoms with Gasteiger partial charge in [0.05, 0.1) is 0 Å². The summed E-state index contributed by atoms with van der Waals surface area (Å²) in [7, 11) is 2.15. The van der Waals surface area contributed by atoms with Crippen LogP contribution >= 0.6 is 0 Å². The maximum absolute atomic E-state index is 5.58. The maximum Gasteiger partial charge on any atom is 0.191 e. The van der Waals surface area contributed by atoms with Gasteiger partial charge in [-0.05, 0) is 12.2 Å². The lowest BCUT2D eigenvalue weighted by Gasteiger charge is -2.32. The molecule has 1 aromatic rings. The first-order valence-corrected chi connectivity index (χ1v) is 5.23. The molecular weight excluding hydrogens is 194 g/mol. The molecule has 0 saturated carbocycles. The molecule has 0 radical (unpaired) electrons. The zero-order chi connectivity index (χ0) is 10.7. The van der Waals surface area contributed by atoms with Crippen LogP contribution in [0.15, 0.2) is 4.63 Å². The summed E-state index contributed by atoms with van der Waals surface area (Å²) in [6.07, 6.45) is 0.818. The molecule has 0 spiro atoms. The van der Waals surface area contributed by atoms with Crippen molar-refractivity contribution in [3.05, 3.63) is 5.69 Å². The van der Waals surface area contributed by atoms with Crippen molar-refractivity contribution in [1.82, 2.24) is 20.1 Å². The second kappa shape index (κ2) is 4.59. The molecule has 6 nitrogen and oxygen atoms in total. The Hall–Kier alpha value is -1.14. The van der Waals surface area contributed by atoms with Crippen LogP contribution in [0, 0.1) is 0 Å². The van der Waals surface area contributed by atoms with Gasteiger partial charge in [-0.25, -0.2) is 4.63 Å². The summed E-state index contributed by atoms with van der Waals surface area (Å²) in [6, 6.07) is 0. The molecule has 2 rings (SSSR count). The summed E-state index contributed by atoms with van der Waals surface area (Å²) in [5.41, 5.74) is 6.36. The molecule has 84 valence electrons. The first kappa shape index (κ1) is 10.4. The molecule has 1 aliphatic heterocycles. The topological polar surface area (TPSA) is 71.4 Å². The number of likely N-dealkylation sites (N-methyl/N-ethyl adjacent to an activating group) is 1. The van der Waals surface area contributed by atoms with Crippen molar-refractivity contribution in [2.75, 3.05) is 45.5 Å². The Labute approximate surface area is 89.0 Å². The van der Waals surface area contributed by atoms with Crippen LogP contribution in [0.2, 0.25) is 0 Å². The largest absolute Gasteiger partial charge is 0.379 e. The number of anilines is 1. The Morgan fingerprint density at radius 1 is 1.27 bits per heavy atom. The number of hydrogen-bond donors (Lipinski definition) is 1. The van der Waals surface area contributed by atoms with E-state index < -0.39 is 0 Å². The van der Waals surface area contributed by atoms with Gasteiger partial charge in [0, 0.05) is 39.1 Å². The molecule has 0 aromatic carbocycles. The molecule has 0 atom stereocenters. The van der Waals surface area contributed by atoms with Crippen molar-refractivity contribution in [1.29, 1.82) is 0 Å². The normalized spacial score (nSPS) is 19.5. The van der Waals surface area contributed by atoms with E-state index in [0.717, 1.165) is 44.8 Å². The molecule has 15 heavy (non-hydrogen) atoms. The molecule has 0 amide bonds. The summed E-state index contributed by atoms with van der Waals surface area (Å²) in [5.74, 6) is 0.420. The van der Waals surface area contributed by atoms with Gasteiger partial charge in [0.2, 0.25) is 0 Å². The van der Waals surface area contributed by atoms with Crippen LogP contribution in [0.3, 0.4) is 0 Å². The van der Waals surface area contributed by atoms with Gasteiger partial charge >= 0.3 is 0 Å². The van der Waals surface area contributed by atoms with Crippen LogP contribution in [-0.2, 0) is 6.42 Å². The highest BCUT2D eigenvalue weighted by molar-refractivity contribution is 5.30. The van der Waals surface area contributed by atoms with E-state index in [1.165, 1.54) is 0 Å². The molecule has 1 aliphatic rings. The van der Waals surface area contributed by atoms with Gasteiger partial charge in [0.15, 0.2) is 5.82 Å². The van der Waals surface area contributed by atoms with Gasteiger partial charge in [-0.15, -0.1) is 0 Å². The summed E-state index contributed by atoms with van der Waals surface area (Å²) < 4.78 is 4.55. The van der Waals surface area contributed by atoms with E-state index in [1.54, 1.807) is 0 Å². The van der Waals surface area contributed by atoms with E-state index in [-0.39, 0.29) is 0 Å². The monoisotopic (exact) mass is 211 g/mol. The summed E-state index contributed by atoms with van der Waals surface area (Å²) >= 11 is 0. The fourth-order valence-corrected chi connectivity index (χ4v) is 1.72. The van der Waals surface area contributed by atoms with E-state index >= 15 is 0 Å². The van der Waals surface area contributed by atoms with Crippen molar-refractivity contribution in [2.45, 2.75) is 6.42 Å². The van der Waals surface area contributed by atoms with Crippen molar-refractivity contribution < 1.29 is 4.63 Å². The van der Waals surface area contributed by atoms with Gasteiger partial charge in [-0.3, -0.25) is 0 Å². The highest BCUT2D eigenvalue weighted by Crippen LogP contribution is 2.07. The average Bonchev–Trinajstić information content (AvgIpc) is 2.63. The summed E-state index contributed by atoms with van der Waals surface area (Å²) in [6.45, 7) is 5.47. The Balaban J connectivity index is 1.77. The highest BCUT2D eigenvalue weighted by Gasteiger charge is 2.14. The van der Waals surface area contributed by atoms with Crippen LogP contribution in [0.5, 0.6) is 0 Å². The maximum atomic E-state index is 5.58. The number of rotatable bonds is 3. The number of nitrogens with zero attached hydrogens (tertiary/aromatic N) is 4. The Kier molecular flexibility index (Phi) is 3.17. The third-order valence-electron chi connectivity index (χ3n) is 2.85. The van der Waals surface area contributed by atoms with Crippen molar-refractivity contribution in [3.8, 4) is 0 Å². The second-order valence-corrected chi connectivity index (χ2v) is 3.99. The zero-order valence-electron chi connectivity index (χ0n) is 9.02. The molecule has 1 saturated heterocycles. The van der Waals surface area contributed by atoms with Gasteiger partial charge < -0.3 is 15.5 Å². The fraction of sp³-hybridized carbons (Fsp3) is 0.778. The van der Waals surface area contributed by atoms with Crippen LogP contribution in [0.4, 0.5) is 5.82 Å². The van der Waals surface area contributed by atoms with Crippen molar-refractivity contribution in [2.24, 2.45) is 0 Å². The van der Waals surface area contributed by atoms with Crippen LogP contribution in [0.25, 0.3) is 0 Å². The molecule has 1 aromatic heterocycles. The predicted octanol–water partition coefficient (Wildman–Crippen LogP) is -0.558. The minimum Gasteiger partial charge on any atom is -0.379 e. The third-order valence-corrected chi connectivity index (χ3v) is 2.85. The lowest BCUT2D eigenvalue weighted by Crippen LogP contribution is -2.45. The summed E-state index contributed by atoms with van der Waals surface area (Å²) in [5, 5.41) is 7.32. The Bertz CT molecular complexity index is 305. The van der Waals surface area contributed by atoms with Gasteiger partial charge in [0.1, 0.15) is 5.69 Å². The second-order valence-electron chi connectivity index (χ2n) is 3.99. The molecule has 0 unspecified atom stereocenters. The Morgan fingerprint density at radius 2 is 2.00 bits per heavy atom. The van der Waals surface area contributed by atoms with Gasteiger partial charge in [-0.1, -0.05) is 5.16 Å². The van der Waals surface area contributed by atoms with Crippen molar-refractivity contribution in [3.63, 3.8) is 0 Å². The van der Waals surface area contributed by atoms with E-state index in [0.29, 0.717) is 5.82 Å². The van der Waals surface area contributed by atoms with Gasteiger partial charge in [0.25, 0.3) is 0 Å². The zero-order valence-corrected chi connectivity index (χ0v) is 9.02. The number of nitrogens with two attached hydrogens (primary N) is 1. The smallest absolute Gasteiger partial charge is 0.191 e. The molecule has 0 aliphatic carbocycles. The molecule has 2 heterocycles. The lowest BCUT2D eigenvalue weighted by molar-refractivity contribution is 0.155. The quantitative estimate of drug-likeness (QED) is 0.722. The SMILES string of the molecule is CN1CCN(CCc2nonc2N)CC1. The van der Waals surface area contributed by atoms with Crippen LogP contribution < -0.4 is 5.73 Å². The number of aromatic nitrogens is 2. The van der Waals surface area contributed by atoms with E-state index in [9.17, 15) is 0 Å². The minimum absolute atomic E-state index is 0.420. The number of hydrogen-bond acceptors (Lipinski definition) is 6. The van der Waals surface area contributed by atoms with Crippen molar-refractivity contribution >= 4 is 5.82 Å². The standard InChI is InChI=1S/C9H17N5O/c1-13-4-6-14(7-5-13)3-2-8-9(10)12-15-11-8/h2-7H2,1H3,(H2,10,12).